The molecule has 1 aromatic heterocycles. The van der Waals surface area contributed by atoms with Crippen LogP contribution in [0.5, 0.6) is 5.75 Å². The number of nitriles is 2. The lowest BCUT2D eigenvalue weighted by atomic mass is 9.96. The number of pyridine rings is 1. The van der Waals surface area contributed by atoms with Gasteiger partial charge in [-0.25, -0.2) is 0 Å². The van der Waals surface area contributed by atoms with E-state index in [0.29, 0.717) is 16.5 Å². The fourth-order valence-electron chi connectivity index (χ4n) is 2.22. The summed E-state index contributed by atoms with van der Waals surface area (Å²) in [6.07, 6.45) is 0.833. The first-order chi connectivity index (χ1) is 12.1. The zero-order valence-electron chi connectivity index (χ0n) is 13.8. The van der Waals surface area contributed by atoms with Crippen LogP contribution >= 0.6 is 11.8 Å². The van der Waals surface area contributed by atoms with E-state index in [4.69, 9.17) is 4.74 Å². The predicted octanol–water partition coefficient (Wildman–Crippen LogP) is 2.86. The van der Waals surface area contributed by atoms with Crippen molar-refractivity contribution in [1.29, 1.82) is 10.5 Å². The highest BCUT2D eigenvalue weighted by atomic mass is 32.2. The van der Waals surface area contributed by atoms with Gasteiger partial charge < -0.3 is 9.72 Å². The third-order valence-electron chi connectivity index (χ3n) is 3.43. The molecule has 0 unspecified atom stereocenters. The zero-order valence-corrected chi connectivity index (χ0v) is 14.6. The molecule has 0 spiro atoms. The number of aromatic nitrogens is 1. The number of ether oxygens (including phenoxy) is 1. The molecule has 0 saturated carbocycles. The smallest absolute Gasteiger partial charge is 0.267 e. The fourth-order valence-corrected chi connectivity index (χ4v) is 3.08. The highest BCUT2D eigenvalue weighted by Crippen LogP contribution is 2.26. The Bertz CT molecular complexity index is 934. The summed E-state index contributed by atoms with van der Waals surface area (Å²) in [7, 11) is 1.51. The number of benzene rings is 1. The van der Waals surface area contributed by atoms with E-state index in [-0.39, 0.29) is 22.3 Å². The maximum atomic E-state index is 12.9. The van der Waals surface area contributed by atoms with Crippen LogP contribution in [0.1, 0.15) is 40.4 Å². The Labute approximate surface area is 149 Å². The van der Waals surface area contributed by atoms with E-state index in [2.05, 4.69) is 4.98 Å². The summed E-state index contributed by atoms with van der Waals surface area (Å²) >= 11 is 1.28. The highest BCUT2D eigenvalue weighted by molar-refractivity contribution is 7.99. The number of carbonyl (C=O) groups excluding carboxylic acids is 1. The molecule has 0 atom stereocenters. The SMILES string of the molecule is CCCSc1[nH]c(=O)c(C#N)c(C(=O)c2ccc(OC)cc2)c1C#N. The number of methoxy groups -OCH3 is 1. The molecule has 7 heteroatoms. The maximum absolute atomic E-state index is 12.9. The highest BCUT2D eigenvalue weighted by Gasteiger charge is 2.24. The molecule has 0 fully saturated rings. The molecule has 126 valence electrons. The number of hydrogen-bond acceptors (Lipinski definition) is 6. The lowest BCUT2D eigenvalue weighted by Gasteiger charge is -2.10. The summed E-state index contributed by atoms with van der Waals surface area (Å²) in [5, 5.41) is 19.1. The molecule has 25 heavy (non-hydrogen) atoms. The topological polar surface area (TPSA) is 107 Å². The van der Waals surface area contributed by atoms with E-state index in [1.807, 2.05) is 13.0 Å². The third-order valence-corrected chi connectivity index (χ3v) is 4.64. The minimum absolute atomic E-state index is 0.0235. The van der Waals surface area contributed by atoms with Crippen molar-refractivity contribution < 1.29 is 9.53 Å². The van der Waals surface area contributed by atoms with Crippen molar-refractivity contribution in [2.24, 2.45) is 0 Å². The van der Waals surface area contributed by atoms with Gasteiger partial charge in [0.1, 0.15) is 23.5 Å². The number of carbonyl (C=O) groups is 1. The van der Waals surface area contributed by atoms with Crippen molar-refractivity contribution in [2.75, 3.05) is 12.9 Å². The Kier molecular flexibility index (Phi) is 5.99. The van der Waals surface area contributed by atoms with Crippen LogP contribution in [0.3, 0.4) is 0 Å². The minimum Gasteiger partial charge on any atom is -0.497 e. The number of H-pyrrole nitrogens is 1. The molecular weight excluding hydrogens is 338 g/mol. The van der Waals surface area contributed by atoms with E-state index < -0.39 is 11.3 Å². The summed E-state index contributed by atoms with van der Waals surface area (Å²) in [6.45, 7) is 1.96. The molecule has 1 heterocycles. The molecule has 0 amide bonds. The van der Waals surface area contributed by atoms with Gasteiger partial charge in [0, 0.05) is 5.56 Å². The summed E-state index contributed by atoms with van der Waals surface area (Å²) < 4.78 is 5.05. The van der Waals surface area contributed by atoms with Crippen molar-refractivity contribution in [3.63, 3.8) is 0 Å². The Morgan fingerprint density at radius 3 is 2.36 bits per heavy atom. The quantitative estimate of drug-likeness (QED) is 0.632. The molecule has 2 rings (SSSR count). The van der Waals surface area contributed by atoms with Gasteiger partial charge in [-0.05, 0) is 36.4 Å². The van der Waals surface area contributed by atoms with E-state index in [9.17, 15) is 20.1 Å². The van der Waals surface area contributed by atoms with Gasteiger partial charge in [0.2, 0.25) is 0 Å². The molecule has 0 radical (unpaired) electrons. The number of ketones is 1. The van der Waals surface area contributed by atoms with Gasteiger partial charge in [0.25, 0.3) is 5.56 Å². The van der Waals surface area contributed by atoms with E-state index in [0.717, 1.165) is 6.42 Å². The van der Waals surface area contributed by atoms with Crippen LogP contribution in [0.15, 0.2) is 34.1 Å². The first-order valence-corrected chi connectivity index (χ1v) is 8.47. The number of aromatic amines is 1. The summed E-state index contributed by atoms with van der Waals surface area (Å²) in [5.74, 6) is 0.704. The van der Waals surface area contributed by atoms with Gasteiger partial charge in [0.05, 0.1) is 23.3 Å². The van der Waals surface area contributed by atoms with Crippen LogP contribution in [0.25, 0.3) is 0 Å². The molecule has 0 saturated heterocycles. The molecule has 1 N–H and O–H groups in total. The second kappa shape index (κ2) is 8.18. The van der Waals surface area contributed by atoms with Crippen molar-refractivity contribution in [2.45, 2.75) is 18.4 Å². The number of rotatable bonds is 6. The minimum atomic E-state index is -0.669. The van der Waals surface area contributed by atoms with Gasteiger partial charge in [-0.1, -0.05) is 6.92 Å². The van der Waals surface area contributed by atoms with E-state index >= 15 is 0 Å². The molecule has 0 aliphatic rings. The third kappa shape index (κ3) is 3.73. The average Bonchev–Trinajstić information content (AvgIpc) is 2.65. The maximum Gasteiger partial charge on any atom is 0.267 e. The lowest BCUT2D eigenvalue weighted by Crippen LogP contribution is -2.20. The normalized spacial score (nSPS) is 9.92. The first kappa shape index (κ1) is 18.3. The van der Waals surface area contributed by atoms with E-state index in [1.54, 1.807) is 18.2 Å². The molecule has 2 aromatic rings. The van der Waals surface area contributed by atoms with Gasteiger partial charge in [-0.3, -0.25) is 9.59 Å². The number of hydrogen-bond donors (Lipinski definition) is 1. The second-order valence-corrected chi connectivity index (χ2v) is 6.14. The van der Waals surface area contributed by atoms with Crippen molar-refractivity contribution in [3.8, 4) is 17.9 Å². The molecule has 0 bridgehead atoms. The predicted molar refractivity (Wildman–Crippen MR) is 93.9 cm³/mol. The summed E-state index contributed by atoms with van der Waals surface area (Å²) in [4.78, 5) is 27.6. The van der Waals surface area contributed by atoms with Gasteiger partial charge in [-0.15, -0.1) is 11.8 Å². The largest absolute Gasteiger partial charge is 0.497 e. The van der Waals surface area contributed by atoms with Crippen LogP contribution in [-0.2, 0) is 0 Å². The molecule has 6 nitrogen and oxygen atoms in total. The van der Waals surface area contributed by atoms with Gasteiger partial charge >= 0.3 is 0 Å². The Morgan fingerprint density at radius 2 is 1.84 bits per heavy atom. The molecule has 1 aromatic carbocycles. The first-order valence-electron chi connectivity index (χ1n) is 7.49. The van der Waals surface area contributed by atoms with Crippen molar-refractivity contribution >= 4 is 17.5 Å². The fraction of sp³-hybridized carbons (Fsp3) is 0.222. The lowest BCUT2D eigenvalue weighted by molar-refractivity contribution is 0.103. The van der Waals surface area contributed by atoms with Crippen LogP contribution in [0.2, 0.25) is 0 Å². The summed E-state index contributed by atoms with van der Waals surface area (Å²) in [5.41, 5.74) is -0.881. The van der Waals surface area contributed by atoms with Crippen molar-refractivity contribution in [1.82, 2.24) is 4.98 Å². The summed E-state index contributed by atoms with van der Waals surface area (Å²) in [6, 6.07) is 9.97. The van der Waals surface area contributed by atoms with Gasteiger partial charge in [-0.2, -0.15) is 10.5 Å². The van der Waals surface area contributed by atoms with E-state index in [1.165, 1.54) is 31.0 Å². The van der Waals surface area contributed by atoms with Gasteiger partial charge in [0.15, 0.2) is 5.78 Å². The molecule has 0 aliphatic carbocycles. The number of thioether (sulfide) groups is 1. The number of nitrogens with one attached hydrogen (secondary N) is 1. The van der Waals surface area contributed by atoms with Crippen LogP contribution < -0.4 is 10.3 Å². The van der Waals surface area contributed by atoms with Crippen LogP contribution in [0.4, 0.5) is 0 Å². The second-order valence-electron chi connectivity index (χ2n) is 5.04. The molecule has 0 aliphatic heterocycles. The zero-order chi connectivity index (χ0) is 18.4. The van der Waals surface area contributed by atoms with Crippen LogP contribution in [0, 0.1) is 22.7 Å². The Balaban J connectivity index is 2.66. The standard InChI is InChI=1S/C18H15N3O3S/c1-3-8-25-18-14(10-20)15(13(9-19)17(23)21-18)16(22)11-4-6-12(24-2)7-5-11/h4-7H,3,8H2,1-2H3,(H,21,23). The van der Waals surface area contributed by atoms with Crippen molar-refractivity contribution in [3.05, 3.63) is 56.9 Å². The monoisotopic (exact) mass is 353 g/mol. The number of nitrogens with zero attached hydrogens (tertiary/aromatic N) is 2. The average molecular weight is 353 g/mol. The Hall–Kier alpha value is -3.03. The van der Waals surface area contributed by atoms with Crippen LogP contribution in [-0.4, -0.2) is 23.6 Å². The Morgan fingerprint density at radius 1 is 1.20 bits per heavy atom. The molecular formula is C18H15N3O3S.